The number of aryl methyl sites for hydroxylation is 2. The molecule has 1 fully saturated rings. The van der Waals surface area contributed by atoms with Gasteiger partial charge in [0.25, 0.3) is 0 Å². The Morgan fingerprint density at radius 2 is 2.12 bits per heavy atom. The van der Waals surface area contributed by atoms with Gasteiger partial charge in [0, 0.05) is 24.5 Å². The molecule has 0 aliphatic carbocycles. The van der Waals surface area contributed by atoms with Crippen LogP contribution in [-0.4, -0.2) is 48.6 Å². The van der Waals surface area contributed by atoms with Crippen LogP contribution in [-0.2, 0) is 6.54 Å². The highest BCUT2D eigenvalue weighted by atomic mass is 127. The second-order valence-corrected chi connectivity index (χ2v) is 7.88. The van der Waals surface area contributed by atoms with Gasteiger partial charge in [-0.15, -0.1) is 35.3 Å². The fourth-order valence-corrected chi connectivity index (χ4v) is 4.03. The summed E-state index contributed by atoms with van der Waals surface area (Å²) >= 11 is 1.76. The highest BCUT2D eigenvalue weighted by Gasteiger charge is 2.21. The molecule has 0 saturated carbocycles. The van der Waals surface area contributed by atoms with E-state index in [0.717, 1.165) is 29.8 Å². The molecule has 0 spiro atoms. The van der Waals surface area contributed by atoms with E-state index in [1.165, 1.54) is 50.1 Å². The molecule has 5 nitrogen and oxygen atoms in total. The van der Waals surface area contributed by atoms with Crippen molar-refractivity contribution in [3.05, 3.63) is 15.6 Å². The van der Waals surface area contributed by atoms with E-state index in [-0.39, 0.29) is 24.0 Å². The fourth-order valence-electron chi connectivity index (χ4n) is 3.16. The number of guanidine groups is 1. The molecule has 0 aromatic carbocycles. The highest BCUT2D eigenvalue weighted by Crippen LogP contribution is 2.17. The summed E-state index contributed by atoms with van der Waals surface area (Å²) in [6, 6.07) is 0.633. The zero-order valence-corrected chi connectivity index (χ0v) is 19.2. The Balaban J connectivity index is 0.00000312. The third-order valence-electron chi connectivity index (χ3n) is 4.76. The first-order valence-corrected chi connectivity index (χ1v) is 10.1. The number of piperidine rings is 1. The molecule has 1 aliphatic heterocycles. The SMILES string of the molecule is CCCCN1CCCCC1CNC(=NC)NCc1nc(C)c(C)s1.I. The maximum absolute atomic E-state index is 4.58. The van der Waals surface area contributed by atoms with Crippen molar-refractivity contribution < 1.29 is 0 Å². The maximum Gasteiger partial charge on any atom is 0.191 e. The van der Waals surface area contributed by atoms with E-state index in [0.29, 0.717) is 6.04 Å². The molecule has 7 heteroatoms. The van der Waals surface area contributed by atoms with Gasteiger partial charge in [-0.25, -0.2) is 4.98 Å². The second-order valence-electron chi connectivity index (χ2n) is 6.59. The number of nitrogens with one attached hydrogen (secondary N) is 2. The maximum atomic E-state index is 4.58. The van der Waals surface area contributed by atoms with Crippen molar-refractivity contribution in [3.8, 4) is 0 Å². The Hall–Kier alpha value is -0.410. The van der Waals surface area contributed by atoms with Crippen molar-refractivity contribution >= 4 is 41.3 Å². The predicted molar refractivity (Wildman–Crippen MR) is 119 cm³/mol. The molecule has 2 heterocycles. The van der Waals surface area contributed by atoms with Crippen molar-refractivity contribution in [1.82, 2.24) is 20.5 Å². The van der Waals surface area contributed by atoms with E-state index in [1.807, 2.05) is 7.05 Å². The summed E-state index contributed by atoms with van der Waals surface area (Å²) in [6.45, 7) is 10.6. The molecule has 0 radical (unpaired) electrons. The minimum atomic E-state index is 0. The third kappa shape index (κ3) is 7.38. The zero-order chi connectivity index (χ0) is 17.4. The first-order valence-electron chi connectivity index (χ1n) is 9.25. The summed E-state index contributed by atoms with van der Waals surface area (Å²) in [5, 5.41) is 8.02. The normalized spacial score (nSPS) is 18.7. The van der Waals surface area contributed by atoms with Crippen molar-refractivity contribution in [2.24, 2.45) is 4.99 Å². The second kappa shape index (κ2) is 12.1. The largest absolute Gasteiger partial charge is 0.355 e. The van der Waals surface area contributed by atoms with Crippen LogP contribution in [0.2, 0.25) is 0 Å². The summed E-state index contributed by atoms with van der Waals surface area (Å²) < 4.78 is 0. The number of hydrogen-bond donors (Lipinski definition) is 2. The molecule has 25 heavy (non-hydrogen) atoms. The molecule has 1 atom stereocenters. The third-order valence-corrected chi connectivity index (χ3v) is 5.83. The number of rotatable bonds is 7. The zero-order valence-electron chi connectivity index (χ0n) is 16.1. The van der Waals surface area contributed by atoms with E-state index in [9.17, 15) is 0 Å². The van der Waals surface area contributed by atoms with Gasteiger partial charge in [0.05, 0.1) is 12.2 Å². The van der Waals surface area contributed by atoms with Crippen LogP contribution in [0.15, 0.2) is 4.99 Å². The summed E-state index contributed by atoms with van der Waals surface area (Å²) in [5.74, 6) is 0.876. The number of nitrogens with zero attached hydrogens (tertiary/aromatic N) is 3. The number of aromatic nitrogens is 1. The molecular formula is C18H34IN5S. The molecule has 2 rings (SSSR count). The first-order chi connectivity index (χ1) is 11.6. The lowest BCUT2D eigenvalue weighted by Crippen LogP contribution is -2.49. The molecular weight excluding hydrogens is 445 g/mol. The smallest absolute Gasteiger partial charge is 0.191 e. The molecule has 1 unspecified atom stereocenters. The number of aliphatic imine (C=N–C) groups is 1. The molecule has 2 N–H and O–H groups in total. The van der Waals surface area contributed by atoms with Gasteiger partial charge in [-0.3, -0.25) is 9.89 Å². The molecule has 1 aromatic heterocycles. The van der Waals surface area contributed by atoms with Gasteiger partial charge in [-0.1, -0.05) is 19.8 Å². The van der Waals surface area contributed by atoms with E-state index >= 15 is 0 Å². The average molecular weight is 479 g/mol. The summed E-state index contributed by atoms with van der Waals surface area (Å²) in [7, 11) is 1.84. The number of hydrogen-bond acceptors (Lipinski definition) is 4. The van der Waals surface area contributed by atoms with Gasteiger partial charge in [-0.05, 0) is 46.2 Å². The Kier molecular flexibility index (Phi) is 10.9. The van der Waals surface area contributed by atoms with Gasteiger partial charge >= 0.3 is 0 Å². The average Bonchev–Trinajstić information content (AvgIpc) is 2.92. The molecule has 0 amide bonds. The lowest BCUT2D eigenvalue weighted by atomic mass is 10.0. The number of halogens is 1. The summed E-state index contributed by atoms with van der Waals surface area (Å²) in [6.07, 6.45) is 6.55. The van der Waals surface area contributed by atoms with Crippen LogP contribution >= 0.6 is 35.3 Å². The van der Waals surface area contributed by atoms with Gasteiger partial charge in [0.15, 0.2) is 5.96 Å². The Morgan fingerprint density at radius 1 is 1.32 bits per heavy atom. The number of thiazole rings is 1. The van der Waals surface area contributed by atoms with Crippen molar-refractivity contribution in [3.63, 3.8) is 0 Å². The van der Waals surface area contributed by atoms with Gasteiger partial charge in [-0.2, -0.15) is 0 Å². The highest BCUT2D eigenvalue weighted by molar-refractivity contribution is 14.0. The van der Waals surface area contributed by atoms with Gasteiger partial charge in [0.1, 0.15) is 5.01 Å². The van der Waals surface area contributed by atoms with Crippen molar-refractivity contribution in [1.29, 1.82) is 0 Å². The Morgan fingerprint density at radius 3 is 2.76 bits per heavy atom. The van der Waals surface area contributed by atoms with Crippen LogP contribution in [0.1, 0.15) is 54.6 Å². The van der Waals surface area contributed by atoms with Crippen LogP contribution in [0.5, 0.6) is 0 Å². The molecule has 1 aromatic rings. The monoisotopic (exact) mass is 479 g/mol. The number of likely N-dealkylation sites (tertiary alicyclic amines) is 1. The minimum absolute atomic E-state index is 0. The lowest BCUT2D eigenvalue weighted by molar-refractivity contribution is 0.147. The summed E-state index contributed by atoms with van der Waals surface area (Å²) in [4.78, 5) is 12.9. The first kappa shape index (κ1) is 22.6. The minimum Gasteiger partial charge on any atom is -0.355 e. The van der Waals surface area contributed by atoms with E-state index < -0.39 is 0 Å². The molecule has 0 bridgehead atoms. The topological polar surface area (TPSA) is 52.5 Å². The molecule has 144 valence electrons. The lowest BCUT2D eigenvalue weighted by Gasteiger charge is -2.36. The van der Waals surface area contributed by atoms with E-state index in [2.05, 4.69) is 46.3 Å². The molecule has 1 saturated heterocycles. The fraction of sp³-hybridized carbons (Fsp3) is 0.778. The van der Waals surface area contributed by atoms with Crippen LogP contribution in [0.25, 0.3) is 0 Å². The predicted octanol–water partition coefficient (Wildman–Crippen LogP) is 3.70. The van der Waals surface area contributed by atoms with Crippen molar-refractivity contribution in [2.45, 2.75) is 65.5 Å². The van der Waals surface area contributed by atoms with Crippen LogP contribution in [0.4, 0.5) is 0 Å². The number of unbranched alkanes of at least 4 members (excludes halogenated alkanes) is 1. The van der Waals surface area contributed by atoms with Gasteiger partial charge in [0.2, 0.25) is 0 Å². The Bertz CT molecular complexity index is 512. The van der Waals surface area contributed by atoms with E-state index in [4.69, 9.17) is 0 Å². The van der Waals surface area contributed by atoms with Crippen LogP contribution in [0, 0.1) is 13.8 Å². The van der Waals surface area contributed by atoms with Gasteiger partial charge < -0.3 is 10.6 Å². The molecule has 1 aliphatic rings. The van der Waals surface area contributed by atoms with Crippen molar-refractivity contribution in [2.75, 3.05) is 26.7 Å². The standard InChI is InChI=1S/C18H33N5S.HI/c1-5-6-10-23-11-8-7-9-16(23)12-20-18(19-4)21-13-17-22-14(2)15(3)24-17;/h16H,5-13H2,1-4H3,(H2,19,20,21);1H. The quantitative estimate of drug-likeness (QED) is 0.356. The van der Waals surface area contributed by atoms with Crippen LogP contribution < -0.4 is 10.6 Å². The van der Waals surface area contributed by atoms with Crippen LogP contribution in [0.3, 0.4) is 0 Å². The van der Waals surface area contributed by atoms with E-state index in [1.54, 1.807) is 11.3 Å². The Labute approximate surface area is 174 Å². The summed E-state index contributed by atoms with van der Waals surface area (Å²) in [5.41, 5.74) is 1.13.